The van der Waals surface area contributed by atoms with Crippen LogP contribution in [0.15, 0.2) is 24.3 Å². The molecule has 0 bridgehead atoms. The van der Waals surface area contributed by atoms with Crippen molar-refractivity contribution in [2.45, 2.75) is 36.8 Å². The van der Waals surface area contributed by atoms with Crippen molar-refractivity contribution in [3.05, 3.63) is 35.4 Å². The van der Waals surface area contributed by atoms with E-state index in [1.54, 1.807) is 4.90 Å². The maximum absolute atomic E-state index is 13.4. The summed E-state index contributed by atoms with van der Waals surface area (Å²) in [6, 6.07) is 8.21. The van der Waals surface area contributed by atoms with Crippen molar-refractivity contribution >= 4 is 5.91 Å². The molecule has 1 aromatic rings. The van der Waals surface area contributed by atoms with Crippen LogP contribution >= 0.6 is 0 Å². The molecule has 5 nitrogen and oxygen atoms in total. The molecule has 0 spiro atoms. The van der Waals surface area contributed by atoms with Crippen molar-refractivity contribution in [2.75, 3.05) is 40.9 Å². The summed E-state index contributed by atoms with van der Waals surface area (Å²) < 4.78 is 5.34. The van der Waals surface area contributed by atoms with Crippen molar-refractivity contribution in [2.24, 2.45) is 0 Å². The molecule has 3 rings (SSSR count). The van der Waals surface area contributed by atoms with Crippen molar-refractivity contribution in [1.82, 2.24) is 9.80 Å². The number of aryl methyl sites for hydroxylation is 1. The van der Waals surface area contributed by atoms with Gasteiger partial charge < -0.3 is 14.7 Å². The summed E-state index contributed by atoms with van der Waals surface area (Å²) in [5.41, 5.74) is 0.879. The molecule has 1 N–H and O–H groups in total. The van der Waals surface area contributed by atoms with Gasteiger partial charge in [-0.2, -0.15) is 0 Å². The van der Waals surface area contributed by atoms with Gasteiger partial charge >= 0.3 is 0 Å². The van der Waals surface area contributed by atoms with E-state index < -0.39 is 11.1 Å². The highest BCUT2D eigenvalue weighted by Gasteiger charge is 2.49. The van der Waals surface area contributed by atoms with E-state index in [-0.39, 0.29) is 5.91 Å². The number of rotatable bonds is 4. The van der Waals surface area contributed by atoms with E-state index in [4.69, 9.17) is 4.74 Å². The highest BCUT2D eigenvalue weighted by molar-refractivity contribution is 5.89. The molecule has 1 amide bonds. The SMILES string of the molecule is CN(CC1(O)CCOCC1)C(=O)C1(N(C)C)CCc2ccccc21. The van der Waals surface area contributed by atoms with E-state index in [1.807, 2.05) is 38.2 Å². The van der Waals surface area contributed by atoms with Crippen molar-refractivity contribution in [3.8, 4) is 0 Å². The van der Waals surface area contributed by atoms with Gasteiger partial charge in [0.15, 0.2) is 0 Å². The zero-order valence-electron chi connectivity index (χ0n) is 14.9. The molecule has 1 aromatic carbocycles. The molecule has 1 aliphatic heterocycles. The van der Waals surface area contributed by atoms with E-state index >= 15 is 0 Å². The standard InChI is InChI=1S/C19H28N2O3/c1-20(2)19(9-8-15-6-4-5-7-16(15)19)17(22)21(3)14-18(23)10-12-24-13-11-18/h4-7,23H,8-14H2,1-3H3. The van der Waals surface area contributed by atoms with E-state index in [0.29, 0.717) is 32.6 Å². The molecule has 2 aliphatic rings. The molecule has 1 saturated heterocycles. The third-order valence-corrected chi connectivity index (χ3v) is 5.64. The first kappa shape index (κ1) is 17.4. The second-order valence-corrected chi connectivity index (χ2v) is 7.41. The first-order valence-corrected chi connectivity index (χ1v) is 8.71. The largest absolute Gasteiger partial charge is 0.388 e. The predicted octanol–water partition coefficient (Wildman–Crippen LogP) is 1.39. The number of carbonyl (C=O) groups is 1. The minimum atomic E-state index is -0.839. The first-order valence-electron chi connectivity index (χ1n) is 8.71. The second-order valence-electron chi connectivity index (χ2n) is 7.41. The Morgan fingerprint density at radius 2 is 1.83 bits per heavy atom. The molecule has 0 aromatic heterocycles. The van der Waals surface area contributed by atoms with E-state index in [9.17, 15) is 9.90 Å². The normalized spacial score (nSPS) is 25.5. The third-order valence-electron chi connectivity index (χ3n) is 5.64. The molecule has 1 heterocycles. The van der Waals surface area contributed by atoms with Crippen LogP contribution in [0, 0.1) is 0 Å². The lowest BCUT2D eigenvalue weighted by Crippen LogP contribution is -2.56. The Balaban J connectivity index is 1.86. The van der Waals surface area contributed by atoms with Crippen LogP contribution in [-0.2, 0) is 21.5 Å². The average molecular weight is 332 g/mol. The first-order chi connectivity index (χ1) is 11.4. The molecule has 1 unspecified atom stereocenters. The topological polar surface area (TPSA) is 53.0 Å². The minimum Gasteiger partial charge on any atom is -0.388 e. The highest BCUT2D eigenvalue weighted by atomic mass is 16.5. The van der Waals surface area contributed by atoms with Gasteiger partial charge in [-0.3, -0.25) is 9.69 Å². The summed E-state index contributed by atoms with van der Waals surface area (Å²) in [7, 11) is 5.75. The lowest BCUT2D eigenvalue weighted by Gasteiger charge is -2.42. The van der Waals surface area contributed by atoms with Crippen LogP contribution in [-0.4, -0.2) is 67.3 Å². The molecule has 132 valence electrons. The number of fused-ring (bicyclic) bond motifs is 1. The van der Waals surface area contributed by atoms with Crippen LogP contribution in [0.3, 0.4) is 0 Å². The van der Waals surface area contributed by atoms with Crippen LogP contribution in [0.5, 0.6) is 0 Å². The van der Waals surface area contributed by atoms with Crippen LogP contribution < -0.4 is 0 Å². The molecule has 5 heteroatoms. The Morgan fingerprint density at radius 3 is 2.50 bits per heavy atom. The fraction of sp³-hybridized carbons (Fsp3) is 0.632. The third kappa shape index (κ3) is 2.85. The van der Waals surface area contributed by atoms with E-state index in [1.165, 1.54) is 5.56 Å². The molecule has 0 radical (unpaired) electrons. The Bertz CT molecular complexity index is 610. The summed E-state index contributed by atoms with van der Waals surface area (Å²) in [6.07, 6.45) is 2.85. The van der Waals surface area contributed by atoms with Crippen LogP contribution in [0.4, 0.5) is 0 Å². The zero-order chi connectivity index (χ0) is 17.4. The van der Waals surface area contributed by atoms with Gasteiger partial charge in [0.25, 0.3) is 0 Å². The lowest BCUT2D eigenvalue weighted by atomic mass is 9.87. The number of hydrogen-bond donors (Lipinski definition) is 1. The number of likely N-dealkylation sites (N-methyl/N-ethyl adjacent to an activating group) is 2. The van der Waals surface area contributed by atoms with Crippen LogP contribution in [0.25, 0.3) is 0 Å². The van der Waals surface area contributed by atoms with Gasteiger partial charge in [-0.1, -0.05) is 24.3 Å². The number of nitrogens with zero attached hydrogens (tertiary/aromatic N) is 2. The fourth-order valence-corrected chi connectivity index (χ4v) is 4.21. The number of amides is 1. The Labute approximate surface area is 144 Å². The van der Waals surface area contributed by atoms with E-state index in [0.717, 1.165) is 18.4 Å². The molecule has 1 atom stereocenters. The van der Waals surface area contributed by atoms with Crippen molar-refractivity contribution < 1.29 is 14.6 Å². The second kappa shape index (κ2) is 6.47. The van der Waals surface area contributed by atoms with Crippen LogP contribution in [0.2, 0.25) is 0 Å². The summed E-state index contributed by atoms with van der Waals surface area (Å²) in [5, 5.41) is 10.8. The lowest BCUT2D eigenvalue weighted by molar-refractivity contribution is -0.148. The van der Waals surface area contributed by atoms with E-state index in [2.05, 4.69) is 12.1 Å². The van der Waals surface area contributed by atoms with Crippen molar-refractivity contribution in [1.29, 1.82) is 0 Å². The van der Waals surface area contributed by atoms with Gasteiger partial charge in [0.2, 0.25) is 5.91 Å². The smallest absolute Gasteiger partial charge is 0.247 e. The summed E-state index contributed by atoms with van der Waals surface area (Å²) in [4.78, 5) is 17.2. The van der Waals surface area contributed by atoms with Gasteiger partial charge in [0.1, 0.15) is 5.54 Å². The monoisotopic (exact) mass is 332 g/mol. The molecular weight excluding hydrogens is 304 g/mol. The predicted molar refractivity (Wildman–Crippen MR) is 92.8 cm³/mol. The molecule has 0 saturated carbocycles. The number of aliphatic hydroxyl groups is 1. The molecule has 24 heavy (non-hydrogen) atoms. The molecular formula is C19H28N2O3. The van der Waals surface area contributed by atoms with Gasteiger partial charge in [-0.15, -0.1) is 0 Å². The quantitative estimate of drug-likeness (QED) is 0.905. The zero-order valence-corrected chi connectivity index (χ0v) is 14.9. The molecule has 1 fully saturated rings. The number of hydrogen-bond acceptors (Lipinski definition) is 4. The maximum atomic E-state index is 13.4. The summed E-state index contributed by atoms with van der Waals surface area (Å²) in [6.45, 7) is 1.47. The Morgan fingerprint density at radius 1 is 1.17 bits per heavy atom. The van der Waals surface area contributed by atoms with Gasteiger partial charge in [-0.05, 0) is 38.1 Å². The summed E-state index contributed by atoms with van der Waals surface area (Å²) >= 11 is 0. The Hall–Kier alpha value is -1.43. The van der Waals surface area contributed by atoms with Crippen molar-refractivity contribution in [3.63, 3.8) is 0 Å². The van der Waals surface area contributed by atoms with Gasteiger partial charge in [0.05, 0.1) is 5.60 Å². The Kier molecular flexibility index (Phi) is 4.69. The number of ether oxygens (including phenoxy) is 1. The number of carbonyl (C=O) groups excluding carboxylic acids is 1. The van der Waals surface area contributed by atoms with Crippen LogP contribution in [0.1, 0.15) is 30.4 Å². The van der Waals surface area contributed by atoms with Gasteiger partial charge in [-0.25, -0.2) is 0 Å². The maximum Gasteiger partial charge on any atom is 0.247 e. The highest BCUT2D eigenvalue weighted by Crippen LogP contribution is 2.42. The van der Waals surface area contributed by atoms with Gasteiger partial charge in [0, 0.05) is 39.6 Å². The minimum absolute atomic E-state index is 0.0670. The molecule has 1 aliphatic carbocycles. The summed E-state index contributed by atoms with van der Waals surface area (Å²) in [5.74, 6) is 0.0670. The number of benzene rings is 1. The fourth-order valence-electron chi connectivity index (χ4n) is 4.21. The average Bonchev–Trinajstić information content (AvgIpc) is 2.95.